The number of rotatable bonds is 0. The van der Waals surface area contributed by atoms with Crippen LogP contribution in [0.1, 0.15) is 20.8 Å². The van der Waals surface area contributed by atoms with E-state index in [9.17, 15) is 5.11 Å². The van der Waals surface area contributed by atoms with Gasteiger partial charge in [0.15, 0.2) is 6.29 Å². The van der Waals surface area contributed by atoms with Gasteiger partial charge in [0.25, 0.3) is 0 Å². The summed E-state index contributed by atoms with van der Waals surface area (Å²) in [5.74, 6) is 0.113. The summed E-state index contributed by atoms with van der Waals surface area (Å²) in [6.45, 7) is 6.31. The third kappa shape index (κ3) is 1.67. The minimum atomic E-state index is -0.449. The Morgan fingerprint density at radius 2 is 1.86 bits per heavy atom. The molecule has 0 aliphatic carbocycles. The van der Waals surface area contributed by atoms with Gasteiger partial charge in [-0.05, 0) is 13.8 Å². The van der Waals surface area contributed by atoms with Gasteiger partial charge in [0, 0.05) is 5.92 Å². The van der Waals surface area contributed by atoms with E-state index < -0.39 is 6.10 Å². The van der Waals surface area contributed by atoms with E-state index in [1.165, 1.54) is 0 Å². The van der Waals surface area contributed by atoms with Crippen molar-refractivity contribution in [1.82, 2.24) is 0 Å². The average Bonchev–Trinajstić information content (AvgIpc) is 2.16. The fourth-order valence-electron chi connectivity index (χ4n) is 2.07. The maximum atomic E-state index is 10.0. The van der Waals surface area contributed by atoms with E-state index in [0.717, 1.165) is 0 Å². The summed E-state index contributed by atoms with van der Waals surface area (Å²) < 4.78 is 16.6. The molecular weight excluding hydrogens is 184 g/mol. The summed E-state index contributed by atoms with van der Waals surface area (Å²) >= 11 is 0. The zero-order valence-corrected chi connectivity index (χ0v) is 8.84. The molecule has 14 heavy (non-hydrogen) atoms. The Bertz CT molecular complexity index is 206. The second kappa shape index (κ2) is 3.77. The van der Waals surface area contributed by atoms with Crippen molar-refractivity contribution in [3.05, 3.63) is 0 Å². The second-order valence-corrected chi connectivity index (χ2v) is 4.23. The zero-order chi connectivity index (χ0) is 10.3. The molecule has 2 heterocycles. The van der Waals surface area contributed by atoms with Crippen LogP contribution in [0.3, 0.4) is 0 Å². The molecule has 3 unspecified atom stereocenters. The number of aliphatic hydroxyl groups excluding tert-OH is 1. The maximum absolute atomic E-state index is 10.0. The average molecular weight is 202 g/mol. The Morgan fingerprint density at radius 3 is 2.57 bits per heavy atom. The summed E-state index contributed by atoms with van der Waals surface area (Å²) in [5, 5.41) is 10.0. The minimum absolute atomic E-state index is 0.0619. The molecule has 2 fully saturated rings. The first-order valence-corrected chi connectivity index (χ1v) is 5.20. The molecule has 82 valence electrons. The predicted molar refractivity (Wildman–Crippen MR) is 49.8 cm³/mol. The summed E-state index contributed by atoms with van der Waals surface area (Å²) in [4.78, 5) is 0. The van der Waals surface area contributed by atoms with E-state index in [4.69, 9.17) is 14.2 Å². The topological polar surface area (TPSA) is 47.9 Å². The first-order valence-electron chi connectivity index (χ1n) is 5.20. The Kier molecular flexibility index (Phi) is 2.79. The predicted octanol–water partition coefficient (Wildman–Crippen LogP) is 0.532. The van der Waals surface area contributed by atoms with E-state index in [0.29, 0.717) is 6.61 Å². The molecule has 0 bridgehead atoms. The molecular formula is C10H18O4. The van der Waals surface area contributed by atoms with Gasteiger partial charge < -0.3 is 19.3 Å². The SMILES string of the molecule is CC1OCC2O[C@@H](C)C(C)[C@@H](O)[C@H]2O1. The zero-order valence-electron chi connectivity index (χ0n) is 8.84. The smallest absolute Gasteiger partial charge is 0.155 e. The van der Waals surface area contributed by atoms with Gasteiger partial charge in [-0.15, -0.1) is 0 Å². The van der Waals surface area contributed by atoms with Crippen molar-refractivity contribution in [2.45, 2.75) is 51.5 Å². The molecule has 2 aliphatic rings. The highest BCUT2D eigenvalue weighted by atomic mass is 16.7. The normalized spacial score (nSPS) is 54.0. The molecule has 4 nitrogen and oxygen atoms in total. The van der Waals surface area contributed by atoms with Crippen molar-refractivity contribution < 1.29 is 19.3 Å². The van der Waals surface area contributed by atoms with E-state index in [1.807, 2.05) is 20.8 Å². The third-order valence-electron chi connectivity index (χ3n) is 3.22. The molecule has 4 heteroatoms. The molecule has 2 saturated heterocycles. The van der Waals surface area contributed by atoms with Gasteiger partial charge in [0.2, 0.25) is 0 Å². The first kappa shape index (κ1) is 10.4. The molecule has 2 aliphatic heterocycles. The van der Waals surface area contributed by atoms with Crippen molar-refractivity contribution in [1.29, 1.82) is 0 Å². The fraction of sp³-hybridized carbons (Fsp3) is 1.00. The van der Waals surface area contributed by atoms with Gasteiger partial charge in [-0.2, -0.15) is 0 Å². The molecule has 0 radical (unpaired) electrons. The second-order valence-electron chi connectivity index (χ2n) is 4.23. The van der Waals surface area contributed by atoms with E-state index in [-0.39, 0.29) is 30.5 Å². The third-order valence-corrected chi connectivity index (χ3v) is 3.22. The van der Waals surface area contributed by atoms with Gasteiger partial charge in [-0.3, -0.25) is 0 Å². The molecule has 0 aromatic carbocycles. The van der Waals surface area contributed by atoms with Crippen LogP contribution in [0.25, 0.3) is 0 Å². The highest BCUT2D eigenvalue weighted by molar-refractivity contribution is 4.91. The molecule has 6 atom stereocenters. The van der Waals surface area contributed by atoms with Crippen molar-refractivity contribution >= 4 is 0 Å². The lowest BCUT2D eigenvalue weighted by Crippen LogP contribution is -2.58. The number of hydrogen-bond acceptors (Lipinski definition) is 4. The molecule has 0 aromatic rings. The highest BCUT2D eigenvalue weighted by Gasteiger charge is 2.45. The van der Waals surface area contributed by atoms with Crippen LogP contribution < -0.4 is 0 Å². The van der Waals surface area contributed by atoms with Crippen LogP contribution in [0.5, 0.6) is 0 Å². The van der Waals surface area contributed by atoms with Gasteiger partial charge in [-0.1, -0.05) is 6.92 Å². The molecule has 0 spiro atoms. The standard InChI is InChI=1S/C10H18O4/c1-5-6(2)13-8-4-12-7(3)14-10(8)9(5)11/h5-11H,4H2,1-3H3/t5?,6-,7?,8?,9+,10-/m0/s1. The van der Waals surface area contributed by atoms with E-state index in [1.54, 1.807) is 0 Å². The maximum Gasteiger partial charge on any atom is 0.155 e. The lowest BCUT2D eigenvalue weighted by atomic mass is 9.88. The number of ether oxygens (including phenoxy) is 3. The highest BCUT2D eigenvalue weighted by Crippen LogP contribution is 2.31. The summed E-state index contributed by atoms with van der Waals surface area (Å²) in [6.07, 6.45) is -0.977. The van der Waals surface area contributed by atoms with Crippen molar-refractivity contribution in [3.63, 3.8) is 0 Å². The van der Waals surface area contributed by atoms with E-state index in [2.05, 4.69) is 0 Å². The van der Waals surface area contributed by atoms with Crippen molar-refractivity contribution in [3.8, 4) is 0 Å². The summed E-state index contributed by atoms with van der Waals surface area (Å²) in [6, 6.07) is 0. The van der Waals surface area contributed by atoms with Crippen LogP contribution in [-0.2, 0) is 14.2 Å². The van der Waals surface area contributed by atoms with Gasteiger partial charge >= 0.3 is 0 Å². The number of aliphatic hydroxyl groups is 1. The van der Waals surface area contributed by atoms with Crippen LogP contribution in [0, 0.1) is 5.92 Å². The molecule has 0 aromatic heterocycles. The molecule has 0 amide bonds. The Hall–Kier alpha value is -0.160. The van der Waals surface area contributed by atoms with Crippen LogP contribution >= 0.6 is 0 Å². The van der Waals surface area contributed by atoms with Gasteiger partial charge in [-0.25, -0.2) is 0 Å². The lowest BCUT2D eigenvalue weighted by Gasteiger charge is -2.46. The molecule has 1 N–H and O–H groups in total. The number of hydrogen-bond donors (Lipinski definition) is 1. The van der Waals surface area contributed by atoms with Gasteiger partial charge in [0.05, 0.1) is 18.8 Å². The van der Waals surface area contributed by atoms with Crippen LogP contribution in [0.15, 0.2) is 0 Å². The van der Waals surface area contributed by atoms with Gasteiger partial charge in [0.1, 0.15) is 12.2 Å². The van der Waals surface area contributed by atoms with Crippen molar-refractivity contribution in [2.75, 3.05) is 6.61 Å². The number of fused-ring (bicyclic) bond motifs is 1. The largest absolute Gasteiger partial charge is 0.390 e. The van der Waals surface area contributed by atoms with Crippen LogP contribution in [0.2, 0.25) is 0 Å². The Balaban J connectivity index is 2.08. The quantitative estimate of drug-likeness (QED) is 0.622. The summed E-state index contributed by atoms with van der Waals surface area (Å²) in [5.41, 5.74) is 0. The van der Waals surface area contributed by atoms with Crippen LogP contribution in [-0.4, -0.2) is 42.4 Å². The van der Waals surface area contributed by atoms with Crippen LogP contribution in [0.4, 0.5) is 0 Å². The fourth-order valence-corrected chi connectivity index (χ4v) is 2.07. The van der Waals surface area contributed by atoms with Crippen molar-refractivity contribution in [2.24, 2.45) is 5.92 Å². The Labute approximate surface area is 84.1 Å². The molecule has 0 saturated carbocycles. The minimum Gasteiger partial charge on any atom is -0.390 e. The molecule has 2 rings (SSSR count). The monoisotopic (exact) mass is 202 g/mol. The summed E-state index contributed by atoms with van der Waals surface area (Å²) in [7, 11) is 0. The lowest BCUT2D eigenvalue weighted by molar-refractivity contribution is -0.310. The first-order chi connectivity index (χ1) is 6.59. The van der Waals surface area contributed by atoms with E-state index >= 15 is 0 Å². The Morgan fingerprint density at radius 1 is 1.14 bits per heavy atom.